The highest BCUT2D eigenvalue weighted by atomic mass is 32.1. The lowest BCUT2D eigenvalue weighted by molar-refractivity contribution is 1.52. The molecule has 0 atom stereocenters. The topological polar surface area (TPSA) is 47.6 Å². The molecule has 4 aromatic rings. The van der Waals surface area contributed by atoms with Crippen molar-refractivity contribution < 1.29 is 0 Å². The number of fused-ring (bicyclic) bond motifs is 1. The predicted octanol–water partition coefficient (Wildman–Crippen LogP) is 6.04. The van der Waals surface area contributed by atoms with Crippen LogP contribution in [0.5, 0.6) is 0 Å². The molecule has 112 valence electrons. The fourth-order valence-corrected chi connectivity index (χ4v) is 4.50. The highest BCUT2D eigenvalue weighted by molar-refractivity contribution is 7.16. The molecule has 4 rings (SSSR count). The van der Waals surface area contributed by atoms with E-state index in [1.54, 1.807) is 0 Å². The molecule has 24 heavy (non-hydrogen) atoms. The number of rotatable bonds is 2. The van der Waals surface area contributed by atoms with E-state index < -0.39 is 0 Å². The van der Waals surface area contributed by atoms with Gasteiger partial charge in [-0.2, -0.15) is 10.5 Å². The van der Waals surface area contributed by atoms with E-state index in [1.165, 1.54) is 22.7 Å². The lowest BCUT2D eigenvalue weighted by Gasteiger charge is -2.09. The number of nitrogens with zero attached hydrogens (tertiary/aromatic N) is 2. The number of hydrogen-bond acceptors (Lipinski definition) is 4. The Kier molecular flexibility index (Phi) is 3.63. The SMILES string of the molecule is N#Cc1ccc(-c2ccc(-c3ccc(C#N)s3)c3ccccc23)s1. The molecule has 0 radical (unpaired) electrons. The van der Waals surface area contributed by atoms with Crippen LogP contribution in [0.3, 0.4) is 0 Å². The molecule has 2 aromatic carbocycles. The fourth-order valence-electron chi connectivity index (χ4n) is 2.81. The lowest BCUT2D eigenvalue weighted by atomic mass is 9.98. The summed E-state index contributed by atoms with van der Waals surface area (Å²) in [5.74, 6) is 0. The highest BCUT2D eigenvalue weighted by Gasteiger charge is 2.12. The van der Waals surface area contributed by atoms with Crippen molar-refractivity contribution in [2.75, 3.05) is 0 Å². The van der Waals surface area contributed by atoms with Gasteiger partial charge in [-0.05, 0) is 46.2 Å². The van der Waals surface area contributed by atoms with E-state index in [0.29, 0.717) is 0 Å². The molecule has 0 saturated heterocycles. The standard InChI is InChI=1S/C20H10N2S2/c21-11-13-5-9-19(23-13)17-7-8-18(16-4-2-1-3-15(16)17)20-10-6-14(12-22)24-20/h1-10H. The van der Waals surface area contributed by atoms with Crippen molar-refractivity contribution in [2.24, 2.45) is 0 Å². The summed E-state index contributed by atoms with van der Waals surface area (Å²) in [7, 11) is 0. The molecule has 0 aliphatic rings. The molecule has 0 aliphatic heterocycles. The van der Waals surface area contributed by atoms with Gasteiger partial charge < -0.3 is 0 Å². The number of benzene rings is 2. The molecule has 0 unspecified atom stereocenters. The first-order chi connectivity index (χ1) is 11.8. The van der Waals surface area contributed by atoms with Crippen molar-refractivity contribution in [1.82, 2.24) is 0 Å². The molecule has 0 amide bonds. The molecule has 2 aromatic heterocycles. The van der Waals surface area contributed by atoms with Gasteiger partial charge in [-0.3, -0.25) is 0 Å². The Morgan fingerprint density at radius 2 is 1.04 bits per heavy atom. The second kappa shape index (κ2) is 5.94. The smallest absolute Gasteiger partial charge is 0.110 e. The summed E-state index contributed by atoms with van der Waals surface area (Å²) in [4.78, 5) is 3.63. The van der Waals surface area contributed by atoms with Gasteiger partial charge in [-0.25, -0.2) is 0 Å². The van der Waals surface area contributed by atoms with Gasteiger partial charge in [-0.1, -0.05) is 36.4 Å². The van der Waals surface area contributed by atoms with Crippen LogP contribution in [0.25, 0.3) is 31.7 Å². The number of hydrogen-bond donors (Lipinski definition) is 0. The molecule has 2 heterocycles. The molecule has 0 aliphatic carbocycles. The third-order valence-corrected chi connectivity index (χ3v) is 5.93. The summed E-state index contributed by atoms with van der Waals surface area (Å²) in [5, 5.41) is 20.5. The quantitative estimate of drug-likeness (QED) is 0.446. The van der Waals surface area contributed by atoms with E-state index in [2.05, 4.69) is 36.4 Å². The van der Waals surface area contributed by atoms with Crippen LogP contribution >= 0.6 is 22.7 Å². The van der Waals surface area contributed by atoms with Gasteiger partial charge in [0, 0.05) is 9.75 Å². The Morgan fingerprint density at radius 3 is 1.42 bits per heavy atom. The van der Waals surface area contributed by atoms with Crippen LogP contribution < -0.4 is 0 Å². The zero-order valence-corrected chi connectivity index (χ0v) is 14.1. The van der Waals surface area contributed by atoms with E-state index in [1.807, 2.05) is 36.4 Å². The Bertz CT molecular complexity index is 1050. The highest BCUT2D eigenvalue weighted by Crippen LogP contribution is 2.39. The van der Waals surface area contributed by atoms with Crippen LogP contribution in [0.2, 0.25) is 0 Å². The molecule has 0 bridgehead atoms. The molecule has 4 heteroatoms. The van der Waals surface area contributed by atoms with Crippen LogP contribution in [0.15, 0.2) is 60.7 Å². The van der Waals surface area contributed by atoms with Crippen LogP contribution in [-0.2, 0) is 0 Å². The van der Waals surface area contributed by atoms with Gasteiger partial charge in [0.2, 0.25) is 0 Å². The molecule has 0 fully saturated rings. The third kappa shape index (κ3) is 2.39. The van der Waals surface area contributed by atoms with E-state index in [0.717, 1.165) is 41.4 Å². The van der Waals surface area contributed by atoms with Crippen LogP contribution in [0.1, 0.15) is 9.75 Å². The van der Waals surface area contributed by atoms with E-state index in [9.17, 15) is 0 Å². The first-order valence-corrected chi connectivity index (χ1v) is 8.96. The predicted molar refractivity (Wildman–Crippen MR) is 100 cm³/mol. The fraction of sp³-hybridized carbons (Fsp3) is 0. The minimum Gasteiger partial charge on any atom is -0.192 e. The second-order valence-electron chi connectivity index (χ2n) is 5.26. The zero-order valence-electron chi connectivity index (χ0n) is 12.5. The molecule has 0 N–H and O–H groups in total. The maximum atomic E-state index is 9.07. The number of nitriles is 2. The Labute approximate surface area is 147 Å². The molecular weight excluding hydrogens is 332 g/mol. The molecule has 0 spiro atoms. The monoisotopic (exact) mass is 342 g/mol. The maximum Gasteiger partial charge on any atom is 0.110 e. The Morgan fingerprint density at radius 1 is 0.583 bits per heavy atom. The summed E-state index contributed by atoms with van der Waals surface area (Å²) >= 11 is 3.02. The van der Waals surface area contributed by atoms with E-state index in [4.69, 9.17) is 10.5 Å². The second-order valence-corrected chi connectivity index (χ2v) is 7.43. The molecular formula is C20H10N2S2. The van der Waals surface area contributed by atoms with E-state index in [-0.39, 0.29) is 0 Å². The van der Waals surface area contributed by atoms with Gasteiger partial charge in [-0.15, -0.1) is 22.7 Å². The van der Waals surface area contributed by atoms with Crippen LogP contribution in [0.4, 0.5) is 0 Å². The summed E-state index contributed by atoms with van der Waals surface area (Å²) in [6.45, 7) is 0. The van der Waals surface area contributed by atoms with Crippen LogP contribution in [0, 0.1) is 22.7 Å². The minimum atomic E-state index is 0.718. The molecule has 2 nitrogen and oxygen atoms in total. The van der Waals surface area contributed by atoms with Crippen molar-refractivity contribution in [3.8, 4) is 33.0 Å². The van der Waals surface area contributed by atoms with Gasteiger partial charge in [0.15, 0.2) is 0 Å². The van der Waals surface area contributed by atoms with Gasteiger partial charge >= 0.3 is 0 Å². The summed E-state index contributed by atoms with van der Waals surface area (Å²) in [6, 6.07) is 24.6. The van der Waals surface area contributed by atoms with Crippen molar-refractivity contribution in [3.63, 3.8) is 0 Å². The van der Waals surface area contributed by atoms with Crippen molar-refractivity contribution in [3.05, 3.63) is 70.4 Å². The normalized spacial score (nSPS) is 10.4. The first kappa shape index (κ1) is 14.7. The minimum absolute atomic E-state index is 0.718. The van der Waals surface area contributed by atoms with Crippen molar-refractivity contribution in [1.29, 1.82) is 10.5 Å². The number of thiophene rings is 2. The average molecular weight is 342 g/mol. The third-order valence-electron chi connectivity index (χ3n) is 3.89. The first-order valence-electron chi connectivity index (χ1n) is 7.32. The Hall–Kier alpha value is -2.92. The van der Waals surface area contributed by atoms with Crippen molar-refractivity contribution in [2.45, 2.75) is 0 Å². The lowest BCUT2D eigenvalue weighted by Crippen LogP contribution is -1.82. The maximum absolute atomic E-state index is 9.07. The zero-order chi connectivity index (χ0) is 16.5. The summed E-state index contributed by atoms with van der Waals surface area (Å²) in [5.41, 5.74) is 2.27. The van der Waals surface area contributed by atoms with Gasteiger partial charge in [0.1, 0.15) is 21.9 Å². The summed E-state index contributed by atoms with van der Waals surface area (Å²) in [6.07, 6.45) is 0. The van der Waals surface area contributed by atoms with Gasteiger partial charge in [0.25, 0.3) is 0 Å². The largest absolute Gasteiger partial charge is 0.192 e. The summed E-state index contributed by atoms with van der Waals surface area (Å²) < 4.78 is 0. The van der Waals surface area contributed by atoms with E-state index >= 15 is 0 Å². The average Bonchev–Trinajstić information content (AvgIpc) is 3.30. The van der Waals surface area contributed by atoms with Crippen molar-refractivity contribution >= 4 is 33.4 Å². The Balaban J connectivity index is 1.95. The van der Waals surface area contributed by atoms with Crippen LogP contribution in [-0.4, -0.2) is 0 Å². The molecule has 0 saturated carbocycles. The van der Waals surface area contributed by atoms with Gasteiger partial charge in [0.05, 0.1) is 0 Å².